The molecule has 3 aromatic rings. The third-order valence-electron chi connectivity index (χ3n) is 4.62. The molecule has 1 heterocycles. The topological polar surface area (TPSA) is 75.5 Å². The Morgan fingerprint density at radius 2 is 1.66 bits per heavy atom. The number of hydrazone groups is 1. The summed E-state index contributed by atoms with van der Waals surface area (Å²) in [4.78, 5) is 23.8. The zero-order chi connectivity index (χ0) is 23.5. The lowest BCUT2D eigenvalue weighted by Crippen LogP contribution is -2.32. The van der Waals surface area contributed by atoms with E-state index in [1.807, 2.05) is 5.43 Å². The number of aromatic nitrogens is 1. The monoisotopic (exact) mass is 446 g/mol. The number of carbonyl (C=O) groups is 2. The molecule has 0 unspecified atom stereocenters. The number of carbonyl (C=O) groups excluding carboxylic acids is 2. The maximum absolute atomic E-state index is 13.6. The fourth-order valence-corrected chi connectivity index (χ4v) is 3.15. The largest absolute Gasteiger partial charge is 0.418 e. The summed E-state index contributed by atoms with van der Waals surface area (Å²) in [6.07, 6.45) is -3.32. The van der Waals surface area contributed by atoms with Gasteiger partial charge in [0, 0.05) is 17.0 Å². The fraction of sp³-hybridized carbons (Fsp3) is 0.136. The van der Waals surface area contributed by atoms with Gasteiger partial charge in [-0.15, -0.1) is 0 Å². The number of nitrogens with zero attached hydrogens (tertiary/aromatic N) is 2. The molecule has 0 aliphatic heterocycles. The van der Waals surface area contributed by atoms with E-state index in [1.54, 1.807) is 19.9 Å². The summed E-state index contributed by atoms with van der Waals surface area (Å²) in [5.41, 5.74) is 2.43. The number of para-hydroxylation sites is 2. The minimum Gasteiger partial charge on any atom is -0.317 e. The number of hydrogen-bond donors (Lipinski definition) is 2. The lowest BCUT2D eigenvalue weighted by Gasteiger charge is -2.16. The van der Waals surface area contributed by atoms with Gasteiger partial charge >= 0.3 is 18.0 Å². The van der Waals surface area contributed by atoms with Crippen molar-refractivity contribution >= 4 is 23.7 Å². The predicted octanol–water partition coefficient (Wildman–Crippen LogP) is 4.34. The van der Waals surface area contributed by atoms with Crippen LogP contribution in [0.5, 0.6) is 0 Å². The Morgan fingerprint density at radius 3 is 2.34 bits per heavy atom. The molecule has 32 heavy (non-hydrogen) atoms. The molecule has 2 aromatic carbocycles. The SMILES string of the molecule is Cc1cc(/C=N\NC(=O)C(=O)Nc2ccccc2F)c(C)n1-c1ccccc1C(F)(F)F. The van der Waals surface area contributed by atoms with Crippen LogP contribution in [-0.4, -0.2) is 22.6 Å². The van der Waals surface area contributed by atoms with Gasteiger partial charge in [-0.2, -0.15) is 18.3 Å². The molecule has 10 heteroatoms. The van der Waals surface area contributed by atoms with Gasteiger partial charge in [0.05, 0.1) is 23.2 Å². The highest BCUT2D eigenvalue weighted by atomic mass is 19.4. The first-order chi connectivity index (χ1) is 15.1. The van der Waals surface area contributed by atoms with Crippen molar-refractivity contribution in [2.75, 3.05) is 5.32 Å². The van der Waals surface area contributed by atoms with Crippen LogP contribution >= 0.6 is 0 Å². The minimum atomic E-state index is -4.53. The molecule has 0 fully saturated rings. The quantitative estimate of drug-likeness (QED) is 0.271. The molecule has 0 aliphatic rings. The molecule has 0 saturated heterocycles. The summed E-state index contributed by atoms with van der Waals surface area (Å²) < 4.78 is 55.2. The van der Waals surface area contributed by atoms with E-state index in [-0.39, 0.29) is 11.4 Å². The van der Waals surface area contributed by atoms with Gasteiger partial charge < -0.3 is 9.88 Å². The van der Waals surface area contributed by atoms with Gasteiger partial charge in [0.15, 0.2) is 0 Å². The van der Waals surface area contributed by atoms with Gasteiger partial charge in [0.25, 0.3) is 0 Å². The van der Waals surface area contributed by atoms with Crippen molar-refractivity contribution < 1.29 is 27.2 Å². The van der Waals surface area contributed by atoms with Crippen LogP contribution < -0.4 is 10.7 Å². The molecule has 1 aromatic heterocycles. The lowest BCUT2D eigenvalue weighted by molar-refractivity contribution is -0.137. The summed E-state index contributed by atoms with van der Waals surface area (Å²) >= 11 is 0. The van der Waals surface area contributed by atoms with Crippen LogP contribution in [0.3, 0.4) is 0 Å². The number of alkyl halides is 3. The van der Waals surface area contributed by atoms with Gasteiger partial charge in [0.1, 0.15) is 5.82 Å². The maximum Gasteiger partial charge on any atom is 0.418 e. The summed E-state index contributed by atoms with van der Waals surface area (Å²) in [5.74, 6) is -2.97. The van der Waals surface area contributed by atoms with Crippen LogP contribution in [0.2, 0.25) is 0 Å². The zero-order valence-electron chi connectivity index (χ0n) is 17.0. The Morgan fingerprint density at radius 1 is 1.00 bits per heavy atom. The second-order valence-electron chi connectivity index (χ2n) is 6.81. The fourth-order valence-electron chi connectivity index (χ4n) is 3.15. The van der Waals surface area contributed by atoms with E-state index in [0.717, 1.165) is 12.1 Å². The molecule has 0 bridgehead atoms. The average Bonchev–Trinajstić information content (AvgIpc) is 3.02. The number of hydrogen-bond acceptors (Lipinski definition) is 3. The molecule has 166 valence electrons. The molecule has 0 saturated carbocycles. The smallest absolute Gasteiger partial charge is 0.317 e. The second-order valence-corrected chi connectivity index (χ2v) is 6.81. The number of anilines is 1. The van der Waals surface area contributed by atoms with Crippen molar-refractivity contribution in [3.63, 3.8) is 0 Å². The van der Waals surface area contributed by atoms with Crippen LogP contribution in [0.15, 0.2) is 59.7 Å². The van der Waals surface area contributed by atoms with Gasteiger partial charge in [-0.05, 0) is 44.2 Å². The highest BCUT2D eigenvalue weighted by Gasteiger charge is 2.34. The van der Waals surface area contributed by atoms with Crippen LogP contribution in [-0.2, 0) is 15.8 Å². The Bertz CT molecular complexity index is 1200. The summed E-state index contributed by atoms with van der Waals surface area (Å²) in [6, 6.07) is 12.1. The van der Waals surface area contributed by atoms with Crippen molar-refractivity contribution in [1.29, 1.82) is 0 Å². The predicted molar refractivity (Wildman–Crippen MR) is 111 cm³/mol. The number of halogens is 4. The number of nitrogens with one attached hydrogen (secondary N) is 2. The van der Waals surface area contributed by atoms with Crippen LogP contribution in [0.25, 0.3) is 5.69 Å². The number of rotatable bonds is 4. The first-order valence-electron chi connectivity index (χ1n) is 9.34. The molecular weight excluding hydrogens is 428 g/mol. The minimum absolute atomic E-state index is 0.0389. The molecule has 2 N–H and O–H groups in total. The van der Waals surface area contributed by atoms with Crippen LogP contribution in [0.4, 0.5) is 23.2 Å². The Labute approximate surface area is 180 Å². The van der Waals surface area contributed by atoms with Crippen molar-refractivity contribution in [2.24, 2.45) is 5.10 Å². The molecule has 0 atom stereocenters. The Hall–Kier alpha value is -3.95. The molecule has 0 aliphatic carbocycles. The van der Waals surface area contributed by atoms with E-state index in [2.05, 4.69) is 10.4 Å². The van der Waals surface area contributed by atoms with E-state index in [1.165, 1.54) is 47.2 Å². The summed E-state index contributed by atoms with van der Waals surface area (Å²) in [5, 5.41) is 5.81. The standard InChI is InChI=1S/C22H18F4N4O2/c1-13-11-15(14(2)30(13)19-10-6-3-7-16(19)22(24,25)26)12-27-29-21(32)20(31)28-18-9-5-4-8-17(18)23/h3-12H,1-2H3,(H,28,31)(H,29,32)/b27-12-. The van der Waals surface area contributed by atoms with Gasteiger partial charge in [0.2, 0.25) is 0 Å². The summed E-state index contributed by atoms with van der Waals surface area (Å²) in [7, 11) is 0. The zero-order valence-corrected chi connectivity index (χ0v) is 17.0. The van der Waals surface area contributed by atoms with E-state index >= 15 is 0 Å². The first-order valence-corrected chi connectivity index (χ1v) is 9.34. The molecular formula is C22H18F4N4O2. The van der Waals surface area contributed by atoms with Crippen molar-refractivity contribution in [3.05, 3.63) is 82.9 Å². The molecule has 0 radical (unpaired) electrons. The normalized spacial score (nSPS) is 11.6. The third-order valence-corrected chi connectivity index (χ3v) is 4.62. The highest BCUT2D eigenvalue weighted by molar-refractivity contribution is 6.39. The van der Waals surface area contributed by atoms with E-state index < -0.39 is 29.4 Å². The Balaban J connectivity index is 1.77. The average molecular weight is 446 g/mol. The highest BCUT2D eigenvalue weighted by Crippen LogP contribution is 2.35. The van der Waals surface area contributed by atoms with Crippen molar-refractivity contribution in [2.45, 2.75) is 20.0 Å². The number of amides is 2. The van der Waals surface area contributed by atoms with E-state index in [0.29, 0.717) is 17.0 Å². The third kappa shape index (κ3) is 4.85. The number of benzene rings is 2. The maximum atomic E-state index is 13.6. The van der Waals surface area contributed by atoms with Crippen LogP contribution in [0, 0.1) is 19.7 Å². The molecule has 6 nitrogen and oxygen atoms in total. The first kappa shape index (κ1) is 22.7. The number of aryl methyl sites for hydroxylation is 1. The molecule has 2 amide bonds. The van der Waals surface area contributed by atoms with Crippen molar-refractivity contribution in [1.82, 2.24) is 9.99 Å². The summed E-state index contributed by atoms with van der Waals surface area (Å²) in [6.45, 7) is 3.24. The Kier molecular flexibility index (Phi) is 6.42. The van der Waals surface area contributed by atoms with E-state index in [9.17, 15) is 27.2 Å². The molecule has 0 spiro atoms. The van der Waals surface area contributed by atoms with E-state index in [4.69, 9.17) is 0 Å². The van der Waals surface area contributed by atoms with Crippen molar-refractivity contribution in [3.8, 4) is 5.69 Å². The molecule has 3 rings (SSSR count). The van der Waals surface area contributed by atoms with Gasteiger partial charge in [-0.3, -0.25) is 9.59 Å². The van der Waals surface area contributed by atoms with Gasteiger partial charge in [-0.1, -0.05) is 24.3 Å². The lowest BCUT2D eigenvalue weighted by atomic mass is 10.1. The second kappa shape index (κ2) is 9.04. The van der Waals surface area contributed by atoms with Crippen LogP contribution in [0.1, 0.15) is 22.5 Å². The van der Waals surface area contributed by atoms with Gasteiger partial charge in [-0.25, -0.2) is 9.82 Å².